The van der Waals surface area contributed by atoms with Crippen molar-refractivity contribution < 1.29 is 14.6 Å². The molecule has 2 rings (SSSR count). The minimum Gasteiger partial charge on any atom is -0.508 e. The molecule has 0 bridgehead atoms. The second-order valence-corrected chi connectivity index (χ2v) is 5.37. The standard InChI is InChI=1S/C13H16Cl2N2O3/c1-7(11-9(18)3-2-8(14)12(11)15)17-13(19)10-6-16-4-5-20-10/h2-3,7,10,16,18H,4-6H2,1H3,(H,17,19). The van der Waals surface area contributed by atoms with Crippen molar-refractivity contribution in [3.63, 3.8) is 0 Å². The molecule has 2 unspecified atom stereocenters. The molecule has 3 N–H and O–H groups in total. The molecule has 1 aliphatic heterocycles. The maximum absolute atomic E-state index is 12.1. The van der Waals surface area contributed by atoms with Gasteiger partial charge in [-0.25, -0.2) is 0 Å². The number of halogens is 2. The van der Waals surface area contributed by atoms with Crippen LogP contribution in [0.2, 0.25) is 10.0 Å². The Labute approximate surface area is 127 Å². The van der Waals surface area contributed by atoms with Crippen LogP contribution in [-0.4, -0.2) is 36.8 Å². The van der Waals surface area contributed by atoms with Crippen molar-refractivity contribution in [3.05, 3.63) is 27.7 Å². The molecular weight excluding hydrogens is 303 g/mol. The van der Waals surface area contributed by atoms with Gasteiger partial charge in [-0.05, 0) is 19.1 Å². The predicted octanol–water partition coefficient (Wildman–Crippen LogP) is 1.86. The Morgan fingerprint density at radius 3 is 2.95 bits per heavy atom. The zero-order valence-electron chi connectivity index (χ0n) is 11.0. The van der Waals surface area contributed by atoms with E-state index in [-0.39, 0.29) is 16.7 Å². The lowest BCUT2D eigenvalue weighted by Gasteiger charge is -2.25. The molecule has 1 heterocycles. The molecule has 5 nitrogen and oxygen atoms in total. The highest BCUT2D eigenvalue weighted by Gasteiger charge is 2.25. The molecule has 7 heteroatoms. The van der Waals surface area contributed by atoms with Gasteiger partial charge in [-0.2, -0.15) is 0 Å². The van der Waals surface area contributed by atoms with Crippen LogP contribution in [0.5, 0.6) is 5.75 Å². The van der Waals surface area contributed by atoms with E-state index in [4.69, 9.17) is 27.9 Å². The number of aromatic hydroxyl groups is 1. The first kappa shape index (κ1) is 15.4. The van der Waals surface area contributed by atoms with Gasteiger partial charge in [0.05, 0.1) is 22.7 Å². The number of carbonyl (C=O) groups excluding carboxylic acids is 1. The highest BCUT2D eigenvalue weighted by molar-refractivity contribution is 6.42. The molecule has 110 valence electrons. The van der Waals surface area contributed by atoms with E-state index < -0.39 is 12.1 Å². The maximum Gasteiger partial charge on any atom is 0.250 e. The van der Waals surface area contributed by atoms with E-state index in [2.05, 4.69) is 10.6 Å². The summed E-state index contributed by atoms with van der Waals surface area (Å²) in [6.45, 7) is 3.43. The first-order valence-corrected chi connectivity index (χ1v) is 7.06. The Morgan fingerprint density at radius 1 is 1.55 bits per heavy atom. The fraction of sp³-hybridized carbons (Fsp3) is 0.462. The Morgan fingerprint density at radius 2 is 2.30 bits per heavy atom. The molecule has 1 fully saturated rings. The van der Waals surface area contributed by atoms with E-state index in [1.54, 1.807) is 6.92 Å². The molecule has 0 aromatic heterocycles. The molecule has 2 atom stereocenters. The smallest absolute Gasteiger partial charge is 0.250 e. The number of carbonyl (C=O) groups is 1. The summed E-state index contributed by atoms with van der Waals surface area (Å²) >= 11 is 12.0. The number of rotatable bonds is 3. The molecule has 0 radical (unpaired) electrons. The van der Waals surface area contributed by atoms with Gasteiger partial charge in [0.2, 0.25) is 0 Å². The third-order valence-corrected chi connectivity index (χ3v) is 3.94. The summed E-state index contributed by atoms with van der Waals surface area (Å²) in [5.74, 6) is -0.255. The van der Waals surface area contributed by atoms with Gasteiger partial charge in [0.15, 0.2) is 0 Å². The normalized spacial score (nSPS) is 20.4. The van der Waals surface area contributed by atoms with E-state index in [1.807, 2.05) is 0 Å². The first-order valence-electron chi connectivity index (χ1n) is 6.30. The van der Waals surface area contributed by atoms with Crippen molar-refractivity contribution in [1.82, 2.24) is 10.6 Å². The van der Waals surface area contributed by atoms with Crippen LogP contribution >= 0.6 is 23.2 Å². The van der Waals surface area contributed by atoms with E-state index in [9.17, 15) is 9.90 Å². The van der Waals surface area contributed by atoms with Crippen LogP contribution in [0.15, 0.2) is 12.1 Å². The molecule has 1 amide bonds. The van der Waals surface area contributed by atoms with Crippen LogP contribution in [0, 0.1) is 0 Å². The second kappa shape index (κ2) is 6.63. The van der Waals surface area contributed by atoms with Crippen LogP contribution in [0.4, 0.5) is 0 Å². The van der Waals surface area contributed by atoms with Gasteiger partial charge in [-0.3, -0.25) is 4.79 Å². The van der Waals surface area contributed by atoms with Crippen molar-refractivity contribution in [2.45, 2.75) is 19.1 Å². The summed E-state index contributed by atoms with van der Waals surface area (Å²) in [7, 11) is 0. The summed E-state index contributed by atoms with van der Waals surface area (Å²) in [5, 5.41) is 16.3. The second-order valence-electron chi connectivity index (χ2n) is 4.59. The van der Waals surface area contributed by atoms with Gasteiger partial charge < -0.3 is 20.5 Å². The number of morpholine rings is 1. The molecule has 20 heavy (non-hydrogen) atoms. The van der Waals surface area contributed by atoms with E-state index in [1.165, 1.54) is 12.1 Å². The molecule has 1 saturated heterocycles. The molecule has 0 aliphatic carbocycles. The Bertz CT molecular complexity index is 505. The van der Waals surface area contributed by atoms with Crippen molar-refractivity contribution in [2.24, 2.45) is 0 Å². The van der Waals surface area contributed by atoms with Crippen molar-refractivity contribution in [1.29, 1.82) is 0 Å². The molecular formula is C13H16Cl2N2O3. The predicted molar refractivity (Wildman–Crippen MR) is 77.3 cm³/mol. The monoisotopic (exact) mass is 318 g/mol. The van der Waals surface area contributed by atoms with Gasteiger partial charge in [0, 0.05) is 18.7 Å². The minimum atomic E-state index is -0.536. The maximum atomic E-state index is 12.1. The SMILES string of the molecule is CC(NC(=O)C1CNCCO1)c1c(O)ccc(Cl)c1Cl. The summed E-state index contributed by atoms with van der Waals surface area (Å²) in [5.41, 5.74) is 0.399. The highest BCUT2D eigenvalue weighted by atomic mass is 35.5. The molecule has 1 aromatic rings. The van der Waals surface area contributed by atoms with E-state index >= 15 is 0 Å². The number of hydrogen-bond acceptors (Lipinski definition) is 4. The molecule has 1 aromatic carbocycles. The molecule has 0 saturated carbocycles. The van der Waals surface area contributed by atoms with E-state index in [0.717, 1.165) is 6.54 Å². The highest BCUT2D eigenvalue weighted by Crippen LogP contribution is 2.36. The molecule has 1 aliphatic rings. The van der Waals surface area contributed by atoms with Crippen LogP contribution < -0.4 is 10.6 Å². The van der Waals surface area contributed by atoms with Crippen LogP contribution in [0.1, 0.15) is 18.5 Å². The Kier molecular flexibility index (Phi) is 5.10. The van der Waals surface area contributed by atoms with E-state index in [0.29, 0.717) is 23.7 Å². The number of nitrogens with one attached hydrogen (secondary N) is 2. The summed E-state index contributed by atoms with van der Waals surface area (Å²) in [4.78, 5) is 12.1. The molecule has 0 spiro atoms. The largest absolute Gasteiger partial charge is 0.508 e. The number of hydrogen-bond donors (Lipinski definition) is 3. The first-order chi connectivity index (χ1) is 9.50. The van der Waals surface area contributed by atoms with Crippen molar-refractivity contribution >= 4 is 29.1 Å². The fourth-order valence-electron chi connectivity index (χ4n) is 2.08. The van der Waals surface area contributed by atoms with Crippen LogP contribution in [0.25, 0.3) is 0 Å². The average molecular weight is 319 g/mol. The summed E-state index contributed by atoms with van der Waals surface area (Å²) in [6, 6.07) is 2.48. The van der Waals surface area contributed by atoms with Gasteiger partial charge in [-0.1, -0.05) is 23.2 Å². The van der Waals surface area contributed by atoms with Gasteiger partial charge in [-0.15, -0.1) is 0 Å². The Hall–Kier alpha value is -1.01. The summed E-state index contributed by atoms with van der Waals surface area (Å²) in [6.07, 6.45) is -0.536. The average Bonchev–Trinajstić information content (AvgIpc) is 2.44. The van der Waals surface area contributed by atoms with Crippen LogP contribution in [-0.2, 0) is 9.53 Å². The lowest BCUT2D eigenvalue weighted by molar-refractivity contribution is -0.134. The number of ether oxygens (including phenoxy) is 1. The van der Waals surface area contributed by atoms with Gasteiger partial charge >= 0.3 is 0 Å². The lowest BCUT2D eigenvalue weighted by Crippen LogP contribution is -2.48. The fourth-order valence-corrected chi connectivity index (χ4v) is 2.57. The van der Waals surface area contributed by atoms with Crippen molar-refractivity contribution in [3.8, 4) is 5.75 Å². The van der Waals surface area contributed by atoms with Crippen molar-refractivity contribution in [2.75, 3.05) is 19.7 Å². The Balaban J connectivity index is 2.10. The number of benzene rings is 1. The third-order valence-electron chi connectivity index (χ3n) is 3.12. The number of phenolic OH excluding ortho intramolecular Hbond substituents is 1. The minimum absolute atomic E-state index is 0.00473. The zero-order chi connectivity index (χ0) is 14.7. The zero-order valence-corrected chi connectivity index (χ0v) is 12.5. The van der Waals surface area contributed by atoms with Crippen LogP contribution in [0.3, 0.4) is 0 Å². The lowest BCUT2D eigenvalue weighted by atomic mass is 10.1. The quantitative estimate of drug-likeness (QED) is 0.795. The van der Waals surface area contributed by atoms with Gasteiger partial charge in [0.1, 0.15) is 11.9 Å². The number of phenols is 1. The number of amides is 1. The topological polar surface area (TPSA) is 70.6 Å². The third kappa shape index (κ3) is 3.35. The van der Waals surface area contributed by atoms with Gasteiger partial charge in [0.25, 0.3) is 5.91 Å². The summed E-state index contributed by atoms with van der Waals surface area (Å²) < 4.78 is 5.36.